The normalized spacial score (nSPS) is 13.2. The fraction of sp³-hybridized carbons (Fsp3) is 0.200. The molecule has 7 nitrogen and oxygen atoms in total. The van der Waals surface area contributed by atoms with Crippen molar-refractivity contribution in [2.45, 2.75) is 5.75 Å². The van der Waals surface area contributed by atoms with E-state index in [1.54, 1.807) is 0 Å². The Balaban J connectivity index is 2.30. The maximum atomic E-state index is 12.1. The van der Waals surface area contributed by atoms with Crippen molar-refractivity contribution in [2.75, 3.05) is 33.1 Å². The molecule has 2 aromatic carbocycles. The summed E-state index contributed by atoms with van der Waals surface area (Å²) in [6, 6.07) is 12.0. The summed E-state index contributed by atoms with van der Waals surface area (Å²) >= 11 is 0. The SMILES string of the molecule is CN(C)c1ccc(C(=C2C=CC(=[N+](C)C)C=C2)c2cc(CS(=O)(=O)O)ccc2C(=O)O)cc1. The summed E-state index contributed by atoms with van der Waals surface area (Å²) in [5.41, 5.74) is 4.90. The van der Waals surface area contributed by atoms with Crippen molar-refractivity contribution in [2.24, 2.45) is 0 Å². The van der Waals surface area contributed by atoms with Gasteiger partial charge in [-0.3, -0.25) is 4.55 Å². The predicted molar refractivity (Wildman–Crippen MR) is 131 cm³/mol. The van der Waals surface area contributed by atoms with Crippen LogP contribution >= 0.6 is 0 Å². The standard InChI is InChI=1S/C25H26N2O5S/c1-26(2)20-10-6-18(7-11-20)24(19-8-12-21(13-9-19)27(3)4)23-15-17(16-33(30,31)32)5-14-22(23)25(28)29/h5-15H,16H2,1-4H3,(H-,28,29,30,31,32)/p+1. The summed E-state index contributed by atoms with van der Waals surface area (Å²) in [5.74, 6) is -1.73. The molecule has 0 radical (unpaired) electrons. The van der Waals surface area contributed by atoms with Crippen LogP contribution in [-0.2, 0) is 15.9 Å². The van der Waals surface area contributed by atoms with Gasteiger partial charge in [-0.05, 0) is 64.3 Å². The van der Waals surface area contributed by atoms with Crippen LogP contribution in [0.1, 0.15) is 27.0 Å². The molecule has 1 aliphatic rings. The molecule has 0 unspecified atom stereocenters. The van der Waals surface area contributed by atoms with Gasteiger partial charge in [-0.15, -0.1) is 0 Å². The molecule has 0 aliphatic heterocycles. The highest BCUT2D eigenvalue weighted by molar-refractivity contribution is 7.85. The van der Waals surface area contributed by atoms with Gasteiger partial charge in [0.15, 0.2) is 5.71 Å². The Morgan fingerprint density at radius 3 is 2.03 bits per heavy atom. The van der Waals surface area contributed by atoms with E-state index in [-0.39, 0.29) is 5.56 Å². The van der Waals surface area contributed by atoms with Gasteiger partial charge in [-0.2, -0.15) is 8.42 Å². The Kier molecular flexibility index (Phi) is 7.00. The van der Waals surface area contributed by atoms with Crippen LogP contribution in [0.4, 0.5) is 5.69 Å². The van der Waals surface area contributed by atoms with E-state index in [0.717, 1.165) is 22.5 Å². The molecule has 0 aromatic heterocycles. The van der Waals surface area contributed by atoms with Gasteiger partial charge >= 0.3 is 5.97 Å². The van der Waals surface area contributed by atoms with E-state index in [2.05, 4.69) is 0 Å². The third kappa shape index (κ3) is 5.85. The Hall–Kier alpha value is -3.49. The topological polar surface area (TPSA) is 97.9 Å². The monoisotopic (exact) mass is 467 g/mol. The highest BCUT2D eigenvalue weighted by Crippen LogP contribution is 2.34. The van der Waals surface area contributed by atoms with Crippen LogP contribution < -0.4 is 4.90 Å². The predicted octanol–water partition coefficient (Wildman–Crippen LogP) is 3.48. The number of anilines is 1. The van der Waals surface area contributed by atoms with Crippen LogP contribution in [0.15, 0.2) is 72.3 Å². The Labute approximate surface area is 194 Å². The van der Waals surface area contributed by atoms with Crippen LogP contribution in [0.3, 0.4) is 0 Å². The lowest BCUT2D eigenvalue weighted by atomic mass is 9.87. The first-order chi connectivity index (χ1) is 15.5. The summed E-state index contributed by atoms with van der Waals surface area (Å²) in [7, 11) is 3.45. The molecular weight excluding hydrogens is 440 g/mol. The van der Waals surface area contributed by atoms with Gasteiger partial charge in [0, 0.05) is 31.9 Å². The number of aromatic carboxylic acids is 1. The number of hydrogen-bond acceptors (Lipinski definition) is 4. The zero-order chi connectivity index (χ0) is 24.3. The van der Waals surface area contributed by atoms with Crippen molar-refractivity contribution < 1.29 is 27.4 Å². The highest BCUT2D eigenvalue weighted by Gasteiger charge is 2.21. The molecule has 0 saturated carbocycles. The molecule has 0 fully saturated rings. The number of carboxylic acid groups (broad SMARTS) is 1. The number of carboxylic acids is 1. The zero-order valence-electron chi connectivity index (χ0n) is 19.0. The summed E-state index contributed by atoms with van der Waals surface area (Å²) in [6.07, 6.45) is 7.69. The minimum absolute atomic E-state index is 0.0393. The molecule has 0 saturated heterocycles. The number of hydrogen-bond donors (Lipinski definition) is 2. The van der Waals surface area contributed by atoms with Gasteiger partial charge in [0.25, 0.3) is 10.1 Å². The maximum Gasteiger partial charge on any atom is 0.336 e. The van der Waals surface area contributed by atoms with Crippen molar-refractivity contribution in [1.82, 2.24) is 0 Å². The Morgan fingerprint density at radius 1 is 0.939 bits per heavy atom. The number of rotatable bonds is 6. The molecule has 0 amide bonds. The molecule has 8 heteroatoms. The van der Waals surface area contributed by atoms with Gasteiger partial charge in [-0.1, -0.05) is 18.2 Å². The second-order valence-corrected chi connectivity index (χ2v) is 9.62. The fourth-order valence-electron chi connectivity index (χ4n) is 3.62. The molecule has 0 atom stereocenters. The Morgan fingerprint density at radius 2 is 1.55 bits per heavy atom. The van der Waals surface area contributed by atoms with Crippen molar-refractivity contribution in [1.29, 1.82) is 0 Å². The van der Waals surface area contributed by atoms with Gasteiger partial charge < -0.3 is 10.0 Å². The van der Waals surface area contributed by atoms with E-state index in [4.69, 9.17) is 0 Å². The highest BCUT2D eigenvalue weighted by atomic mass is 32.2. The van der Waals surface area contributed by atoms with Gasteiger partial charge in [0.2, 0.25) is 0 Å². The smallest absolute Gasteiger partial charge is 0.336 e. The molecule has 0 bridgehead atoms. The lowest BCUT2D eigenvalue weighted by Crippen LogP contribution is -2.11. The molecule has 1 aliphatic carbocycles. The third-order valence-corrected chi connectivity index (χ3v) is 5.98. The second kappa shape index (κ2) is 9.56. The van der Waals surface area contributed by atoms with E-state index in [1.165, 1.54) is 18.2 Å². The average Bonchev–Trinajstić information content (AvgIpc) is 2.73. The first kappa shape index (κ1) is 24.2. The van der Waals surface area contributed by atoms with E-state index < -0.39 is 21.8 Å². The molecule has 33 heavy (non-hydrogen) atoms. The number of carbonyl (C=O) groups is 1. The summed E-state index contributed by atoms with van der Waals surface area (Å²) in [4.78, 5) is 14.0. The molecule has 0 spiro atoms. The first-order valence-electron chi connectivity index (χ1n) is 10.2. The van der Waals surface area contributed by atoms with Gasteiger partial charge in [0.1, 0.15) is 19.8 Å². The molecule has 172 valence electrons. The Bertz CT molecular complexity index is 1290. The first-order valence-corrected chi connectivity index (χ1v) is 11.8. The maximum absolute atomic E-state index is 12.1. The molecule has 2 aromatic rings. The van der Waals surface area contributed by atoms with Crippen molar-refractivity contribution in [3.8, 4) is 0 Å². The minimum Gasteiger partial charge on any atom is -0.478 e. The van der Waals surface area contributed by atoms with Crippen LogP contribution in [0.5, 0.6) is 0 Å². The van der Waals surface area contributed by atoms with Gasteiger partial charge in [-0.25, -0.2) is 9.37 Å². The van der Waals surface area contributed by atoms with Crippen LogP contribution in [0.25, 0.3) is 5.57 Å². The number of benzene rings is 2. The molecule has 0 heterocycles. The fourth-order valence-corrected chi connectivity index (χ4v) is 4.22. The zero-order valence-corrected chi connectivity index (χ0v) is 19.8. The van der Waals surface area contributed by atoms with E-state index in [1.807, 2.05) is 86.2 Å². The largest absolute Gasteiger partial charge is 0.478 e. The second-order valence-electron chi connectivity index (χ2n) is 8.17. The number of nitrogens with zero attached hydrogens (tertiary/aromatic N) is 2. The quantitative estimate of drug-likeness (QED) is 0.499. The van der Waals surface area contributed by atoms with Crippen molar-refractivity contribution in [3.63, 3.8) is 0 Å². The summed E-state index contributed by atoms with van der Waals surface area (Å²) < 4.78 is 34.2. The lowest BCUT2D eigenvalue weighted by Gasteiger charge is -2.18. The minimum atomic E-state index is -4.28. The van der Waals surface area contributed by atoms with Gasteiger partial charge in [0.05, 0.1) is 5.56 Å². The van der Waals surface area contributed by atoms with E-state index >= 15 is 0 Å². The number of allylic oxidation sites excluding steroid dienone is 5. The molecule has 3 rings (SSSR count). The summed E-state index contributed by atoms with van der Waals surface area (Å²) in [6.45, 7) is 0. The van der Waals surface area contributed by atoms with Crippen LogP contribution in [0, 0.1) is 0 Å². The van der Waals surface area contributed by atoms with E-state index in [9.17, 15) is 22.9 Å². The van der Waals surface area contributed by atoms with E-state index in [0.29, 0.717) is 16.7 Å². The lowest BCUT2D eigenvalue weighted by molar-refractivity contribution is -0.462. The third-order valence-electron chi connectivity index (χ3n) is 5.28. The van der Waals surface area contributed by atoms with Crippen LogP contribution in [0.2, 0.25) is 0 Å². The van der Waals surface area contributed by atoms with Crippen molar-refractivity contribution in [3.05, 3.63) is 94.6 Å². The molecule has 2 N–H and O–H groups in total. The molecular formula is C25H27N2O5S+. The average molecular weight is 468 g/mol. The van der Waals surface area contributed by atoms with Crippen molar-refractivity contribution >= 4 is 33.1 Å². The van der Waals surface area contributed by atoms with Crippen LogP contribution in [-0.4, -0.2) is 62.5 Å². The summed E-state index contributed by atoms with van der Waals surface area (Å²) in [5, 5.41) is 9.87.